The first-order chi connectivity index (χ1) is 9.56. The van der Waals surface area contributed by atoms with Crippen LogP contribution in [0.4, 0.5) is 4.39 Å². The van der Waals surface area contributed by atoms with Gasteiger partial charge in [-0.3, -0.25) is 4.79 Å². The SMILES string of the molecule is O=C(c1ccc(F)cc1)N1CCc2[nH]c(Br)c(Br)c2C1. The molecule has 0 atom stereocenters. The third-order valence-electron chi connectivity index (χ3n) is 3.44. The maximum Gasteiger partial charge on any atom is 0.254 e. The Morgan fingerprint density at radius 1 is 1.25 bits per heavy atom. The number of aromatic nitrogens is 1. The number of benzene rings is 1. The number of H-pyrrole nitrogens is 1. The lowest BCUT2D eigenvalue weighted by atomic mass is 10.1. The molecule has 1 aromatic heterocycles. The second-order valence-corrected chi connectivity index (χ2v) is 6.28. The molecule has 2 aromatic rings. The number of nitrogens with one attached hydrogen (secondary N) is 1. The van der Waals surface area contributed by atoms with Crippen LogP contribution in [0.1, 0.15) is 21.6 Å². The van der Waals surface area contributed by atoms with Crippen LogP contribution in [0.3, 0.4) is 0 Å². The maximum absolute atomic E-state index is 12.9. The van der Waals surface area contributed by atoms with Crippen LogP contribution in [0.2, 0.25) is 0 Å². The molecule has 20 heavy (non-hydrogen) atoms. The van der Waals surface area contributed by atoms with Crippen LogP contribution >= 0.6 is 31.9 Å². The minimum atomic E-state index is -0.334. The van der Waals surface area contributed by atoms with E-state index < -0.39 is 0 Å². The van der Waals surface area contributed by atoms with Gasteiger partial charge < -0.3 is 9.88 Å². The normalized spacial score (nSPS) is 14.2. The lowest BCUT2D eigenvalue weighted by Gasteiger charge is -2.27. The van der Waals surface area contributed by atoms with E-state index in [0.29, 0.717) is 18.7 Å². The van der Waals surface area contributed by atoms with E-state index in [-0.39, 0.29) is 11.7 Å². The number of hydrogen-bond donors (Lipinski definition) is 1. The van der Waals surface area contributed by atoms with Gasteiger partial charge >= 0.3 is 0 Å². The Morgan fingerprint density at radius 2 is 1.95 bits per heavy atom. The van der Waals surface area contributed by atoms with Gasteiger partial charge in [-0.15, -0.1) is 0 Å². The topological polar surface area (TPSA) is 36.1 Å². The third kappa shape index (κ3) is 2.42. The molecule has 0 saturated heterocycles. The Hall–Kier alpha value is -1.14. The number of fused-ring (bicyclic) bond motifs is 1. The summed E-state index contributed by atoms with van der Waals surface area (Å²) in [5.74, 6) is -0.403. The zero-order chi connectivity index (χ0) is 14.3. The predicted octanol–water partition coefficient (Wildman–Crippen LogP) is 3.88. The number of carbonyl (C=O) groups excluding carboxylic acids is 1. The van der Waals surface area contributed by atoms with Crippen molar-refractivity contribution in [3.8, 4) is 0 Å². The first-order valence-electron chi connectivity index (χ1n) is 6.16. The van der Waals surface area contributed by atoms with E-state index >= 15 is 0 Å². The molecule has 0 saturated carbocycles. The average Bonchev–Trinajstić information content (AvgIpc) is 2.74. The maximum atomic E-state index is 12.9. The molecule has 2 heterocycles. The lowest BCUT2D eigenvalue weighted by molar-refractivity contribution is 0.0734. The number of nitrogens with zero attached hydrogens (tertiary/aromatic N) is 1. The molecule has 0 unspecified atom stereocenters. The Bertz CT molecular complexity index is 667. The molecule has 6 heteroatoms. The van der Waals surface area contributed by atoms with Gasteiger partial charge in [0.25, 0.3) is 5.91 Å². The first-order valence-corrected chi connectivity index (χ1v) is 7.74. The third-order valence-corrected chi connectivity index (χ3v) is 5.44. The number of hydrogen-bond acceptors (Lipinski definition) is 1. The number of rotatable bonds is 1. The Labute approximate surface area is 132 Å². The van der Waals surface area contributed by atoms with Gasteiger partial charge in [0.15, 0.2) is 0 Å². The molecule has 1 aromatic carbocycles. The zero-order valence-electron chi connectivity index (χ0n) is 10.4. The molecule has 0 spiro atoms. The molecule has 3 nitrogen and oxygen atoms in total. The quantitative estimate of drug-likeness (QED) is 0.773. The van der Waals surface area contributed by atoms with Gasteiger partial charge in [0.1, 0.15) is 5.82 Å². The van der Waals surface area contributed by atoms with E-state index in [1.54, 1.807) is 4.90 Å². The first kappa shape index (κ1) is 13.8. The highest BCUT2D eigenvalue weighted by Gasteiger charge is 2.25. The van der Waals surface area contributed by atoms with Crippen LogP contribution in [0.15, 0.2) is 33.3 Å². The molecule has 0 bridgehead atoms. The summed E-state index contributed by atoms with van der Waals surface area (Å²) in [6.07, 6.45) is 0.784. The van der Waals surface area contributed by atoms with E-state index in [4.69, 9.17) is 0 Å². The van der Waals surface area contributed by atoms with E-state index in [1.807, 2.05) is 0 Å². The Kier molecular flexibility index (Phi) is 3.69. The molecule has 3 rings (SSSR count). The molecule has 0 radical (unpaired) electrons. The second-order valence-electron chi connectivity index (χ2n) is 4.69. The van der Waals surface area contributed by atoms with Gasteiger partial charge in [0.05, 0.1) is 9.08 Å². The smallest absolute Gasteiger partial charge is 0.254 e. The van der Waals surface area contributed by atoms with Gasteiger partial charge in [-0.05, 0) is 56.1 Å². The van der Waals surface area contributed by atoms with E-state index in [9.17, 15) is 9.18 Å². The summed E-state index contributed by atoms with van der Waals surface area (Å²) in [5.41, 5.74) is 2.76. The summed E-state index contributed by atoms with van der Waals surface area (Å²) in [6.45, 7) is 1.21. The number of carbonyl (C=O) groups is 1. The summed E-state index contributed by atoms with van der Waals surface area (Å²) < 4.78 is 14.8. The average molecular weight is 402 g/mol. The van der Waals surface area contributed by atoms with Gasteiger partial charge in [-0.25, -0.2) is 4.39 Å². The van der Waals surface area contributed by atoms with Gasteiger partial charge in [0, 0.05) is 36.3 Å². The van der Waals surface area contributed by atoms with Crippen LogP contribution in [-0.2, 0) is 13.0 Å². The highest BCUT2D eigenvalue weighted by Crippen LogP contribution is 2.33. The lowest BCUT2D eigenvalue weighted by Crippen LogP contribution is -2.35. The van der Waals surface area contributed by atoms with Gasteiger partial charge in [0.2, 0.25) is 0 Å². The van der Waals surface area contributed by atoms with Crippen molar-refractivity contribution >= 4 is 37.8 Å². The summed E-state index contributed by atoms with van der Waals surface area (Å²) in [7, 11) is 0. The van der Waals surface area contributed by atoms with Crippen molar-refractivity contribution in [2.45, 2.75) is 13.0 Å². The van der Waals surface area contributed by atoms with E-state index in [2.05, 4.69) is 36.8 Å². The van der Waals surface area contributed by atoms with Crippen molar-refractivity contribution in [1.29, 1.82) is 0 Å². The summed E-state index contributed by atoms with van der Waals surface area (Å²) >= 11 is 6.95. The highest BCUT2D eigenvalue weighted by atomic mass is 79.9. The molecule has 0 aliphatic carbocycles. The highest BCUT2D eigenvalue weighted by molar-refractivity contribution is 9.13. The number of aromatic amines is 1. The molecule has 1 aliphatic rings. The van der Waals surface area contributed by atoms with Gasteiger partial charge in [-0.2, -0.15) is 0 Å². The molecule has 1 N–H and O–H groups in total. The van der Waals surface area contributed by atoms with Crippen LogP contribution in [0, 0.1) is 5.82 Å². The number of amides is 1. The minimum Gasteiger partial charge on any atom is -0.352 e. The fourth-order valence-electron chi connectivity index (χ4n) is 2.37. The molecular weight excluding hydrogens is 391 g/mol. The van der Waals surface area contributed by atoms with Crippen molar-refractivity contribution in [1.82, 2.24) is 9.88 Å². The van der Waals surface area contributed by atoms with Crippen molar-refractivity contribution < 1.29 is 9.18 Å². The number of halogens is 3. The van der Waals surface area contributed by atoms with Crippen LogP contribution in [-0.4, -0.2) is 22.3 Å². The van der Waals surface area contributed by atoms with E-state index in [1.165, 1.54) is 24.3 Å². The Balaban J connectivity index is 1.84. The van der Waals surface area contributed by atoms with Crippen molar-refractivity contribution in [2.75, 3.05) is 6.54 Å². The fraction of sp³-hybridized carbons (Fsp3) is 0.214. The summed E-state index contributed by atoms with van der Waals surface area (Å²) in [6, 6.07) is 5.67. The fourth-order valence-corrected chi connectivity index (χ4v) is 3.31. The standard InChI is InChI=1S/C14H11Br2FN2O/c15-12-10-7-19(6-5-11(10)18-13(12)16)14(20)8-1-3-9(17)4-2-8/h1-4,18H,5-7H2. The molecule has 1 amide bonds. The van der Waals surface area contributed by atoms with Gasteiger partial charge in [-0.1, -0.05) is 0 Å². The minimum absolute atomic E-state index is 0.0696. The largest absolute Gasteiger partial charge is 0.352 e. The monoisotopic (exact) mass is 400 g/mol. The van der Waals surface area contributed by atoms with E-state index in [0.717, 1.165) is 26.8 Å². The molecule has 104 valence electrons. The Morgan fingerprint density at radius 3 is 2.65 bits per heavy atom. The van der Waals surface area contributed by atoms with Crippen LogP contribution in [0.5, 0.6) is 0 Å². The summed E-state index contributed by atoms with van der Waals surface area (Å²) in [4.78, 5) is 17.4. The predicted molar refractivity (Wildman–Crippen MR) is 81.0 cm³/mol. The van der Waals surface area contributed by atoms with Crippen molar-refractivity contribution in [3.63, 3.8) is 0 Å². The molecular formula is C14H11Br2FN2O. The summed E-state index contributed by atoms with van der Waals surface area (Å²) in [5, 5.41) is 0. The molecule has 1 aliphatic heterocycles. The van der Waals surface area contributed by atoms with Crippen molar-refractivity contribution in [2.24, 2.45) is 0 Å². The second kappa shape index (κ2) is 5.33. The van der Waals surface area contributed by atoms with Crippen molar-refractivity contribution in [3.05, 3.63) is 56.0 Å². The van der Waals surface area contributed by atoms with Crippen LogP contribution < -0.4 is 0 Å². The zero-order valence-corrected chi connectivity index (χ0v) is 13.6. The van der Waals surface area contributed by atoms with Crippen LogP contribution in [0.25, 0.3) is 0 Å². The molecule has 0 fully saturated rings.